The third-order valence-electron chi connectivity index (χ3n) is 3.29. The highest BCUT2D eigenvalue weighted by molar-refractivity contribution is 8.14. The number of rotatable bonds is 7. The Morgan fingerprint density at radius 1 is 1.42 bits per heavy atom. The van der Waals surface area contributed by atoms with Crippen molar-refractivity contribution in [3.63, 3.8) is 0 Å². The molecule has 0 radical (unpaired) electrons. The van der Waals surface area contributed by atoms with Crippen LogP contribution < -0.4 is 4.72 Å². The van der Waals surface area contributed by atoms with Gasteiger partial charge in [0.15, 0.2) is 5.12 Å². The van der Waals surface area contributed by atoms with Crippen molar-refractivity contribution < 1.29 is 22.7 Å². The summed E-state index contributed by atoms with van der Waals surface area (Å²) in [5.74, 6) is 0. The van der Waals surface area contributed by atoms with Crippen molar-refractivity contribution >= 4 is 33.0 Å². The zero-order valence-electron chi connectivity index (χ0n) is 14.1. The van der Waals surface area contributed by atoms with E-state index in [1.165, 1.54) is 24.8 Å². The number of amides is 1. The maximum Gasteiger partial charge on any atom is 0.410 e. The summed E-state index contributed by atoms with van der Waals surface area (Å²) in [4.78, 5) is 25.0. The molecule has 1 aliphatic heterocycles. The van der Waals surface area contributed by atoms with Gasteiger partial charge in [0.05, 0.1) is 12.3 Å². The third-order valence-corrected chi connectivity index (χ3v) is 4.96. The fraction of sp³-hybridized carbons (Fsp3) is 0.600. The van der Waals surface area contributed by atoms with Crippen molar-refractivity contribution in [2.45, 2.75) is 31.6 Å². The molecule has 1 heterocycles. The molecule has 0 aromatic rings. The monoisotopic (exact) mass is 376 g/mol. The number of hydrogen-bond acceptors (Lipinski definition) is 6. The van der Waals surface area contributed by atoms with Gasteiger partial charge in [-0.1, -0.05) is 36.1 Å². The van der Waals surface area contributed by atoms with E-state index in [1.54, 1.807) is 11.8 Å². The first-order valence-electron chi connectivity index (χ1n) is 7.45. The Morgan fingerprint density at radius 2 is 2.08 bits per heavy atom. The Morgan fingerprint density at radius 3 is 2.62 bits per heavy atom. The van der Waals surface area contributed by atoms with Gasteiger partial charge in [-0.05, 0) is 13.3 Å². The van der Waals surface area contributed by atoms with Crippen LogP contribution in [0.1, 0.15) is 20.3 Å². The van der Waals surface area contributed by atoms with E-state index in [1.807, 2.05) is 6.08 Å². The van der Waals surface area contributed by atoms with E-state index < -0.39 is 16.1 Å². The summed E-state index contributed by atoms with van der Waals surface area (Å²) in [7, 11) is -3.28. The van der Waals surface area contributed by atoms with Gasteiger partial charge >= 0.3 is 6.09 Å². The molecule has 1 saturated heterocycles. The van der Waals surface area contributed by atoms with Crippen molar-refractivity contribution in [2.75, 3.05) is 26.0 Å². The molecule has 1 amide bonds. The highest BCUT2D eigenvalue weighted by Gasteiger charge is 2.36. The molecule has 0 aromatic carbocycles. The smallest absolute Gasteiger partial charge is 0.410 e. The first-order valence-corrected chi connectivity index (χ1v) is 10.2. The minimum absolute atomic E-state index is 0.000460. The molecular weight excluding hydrogens is 352 g/mol. The second kappa shape index (κ2) is 9.24. The summed E-state index contributed by atoms with van der Waals surface area (Å²) in [6.07, 6.45) is 4.57. The summed E-state index contributed by atoms with van der Waals surface area (Å²) in [6, 6.07) is -0.236. The number of carbonyl (C=O) groups is 2. The largest absolute Gasteiger partial charge is 0.445 e. The molecule has 9 heteroatoms. The van der Waals surface area contributed by atoms with Crippen LogP contribution >= 0.6 is 11.8 Å². The number of hydrogen-bond donors (Lipinski definition) is 1. The van der Waals surface area contributed by atoms with E-state index in [4.69, 9.17) is 4.74 Å². The summed E-state index contributed by atoms with van der Waals surface area (Å²) in [6.45, 7) is 7.49. The first-order chi connectivity index (χ1) is 11.1. The molecule has 0 aromatic heterocycles. The zero-order valence-corrected chi connectivity index (χ0v) is 15.8. The van der Waals surface area contributed by atoms with Crippen LogP contribution in [0, 0.1) is 0 Å². The van der Waals surface area contributed by atoms with Crippen LogP contribution in [0.4, 0.5) is 4.79 Å². The molecule has 0 aliphatic carbocycles. The van der Waals surface area contributed by atoms with Crippen LogP contribution in [0.15, 0.2) is 24.3 Å². The van der Waals surface area contributed by atoms with E-state index in [9.17, 15) is 18.0 Å². The topological polar surface area (TPSA) is 92.8 Å². The number of thioether (sulfide) groups is 1. The Kier molecular flexibility index (Phi) is 7.98. The van der Waals surface area contributed by atoms with Crippen molar-refractivity contribution in [1.82, 2.24) is 9.62 Å². The van der Waals surface area contributed by atoms with Crippen LogP contribution in [0.5, 0.6) is 0 Å². The van der Waals surface area contributed by atoms with E-state index in [-0.39, 0.29) is 29.6 Å². The SMILES string of the molecule is C=CCOC(=O)N1C[C@@H](SC(C)=O)C[C@H]1C=C(C)CNS(C)(=O)=O. The lowest BCUT2D eigenvalue weighted by Gasteiger charge is -2.22. The number of sulfonamides is 1. The quantitative estimate of drug-likeness (QED) is 0.677. The number of nitrogens with zero attached hydrogens (tertiary/aromatic N) is 1. The van der Waals surface area contributed by atoms with Gasteiger partial charge in [-0.3, -0.25) is 4.79 Å². The molecular formula is C15H24N2O5S2. The predicted octanol–water partition coefficient (Wildman–Crippen LogP) is 1.53. The second-order valence-corrected chi connectivity index (χ2v) is 8.97. The lowest BCUT2D eigenvalue weighted by molar-refractivity contribution is -0.109. The number of ether oxygens (including phenoxy) is 1. The fourth-order valence-electron chi connectivity index (χ4n) is 2.36. The Hall–Kier alpha value is -1.32. The van der Waals surface area contributed by atoms with E-state index >= 15 is 0 Å². The molecule has 1 aliphatic rings. The van der Waals surface area contributed by atoms with Crippen molar-refractivity contribution in [3.8, 4) is 0 Å². The van der Waals surface area contributed by atoms with Gasteiger partial charge in [0, 0.05) is 25.3 Å². The van der Waals surface area contributed by atoms with Gasteiger partial charge in [-0.15, -0.1) is 0 Å². The van der Waals surface area contributed by atoms with Gasteiger partial charge in [-0.25, -0.2) is 17.9 Å². The first kappa shape index (κ1) is 20.7. The molecule has 1 N–H and O–H groups in total. The van der Waals surface area contributed by atoms with Crippen molar-refractivity contribution in [2.24, 2.45) is 0 Å². The zero-order chi connectivity index (χ0) is 18.3. The van der Waals surface area contributed by atoms with Crippen molar-refractivity contribution in [1.29, 1.82) is 0 Å². The minimum Gasteiger partial charge on any atom is -0.445 e. The van der Waals surface area contributed by atoms with Crippen LogP contribution in [0.25, 0.3) is 0 Å². The average Bonchev–Trinajstić information content (AvgIpc) is 2.83. The average molecular weight is 377 g/mol. The van der Waals surface area contributed by atoms with Gasteiger partial charge in [0.25, 0.3) is 0 Å². The molecule has 0 spiro atoms. The van der Waals surface area contributed by atoms with Crippen LogP contribution in [0.3, 0.4) is 0 Å². The lowest BCUT2D eigenvalue weighted by atomic mass is 10.1. The van der Waals surface area contributed by atoms with Gasteiger partial charge < -0.3 is 9.64 Å². The van der Waals surface area contributed by atoms with Gasteiger partial charge in [0.1, 0.15) is 6.61 Å². The molecule has 2 atom stereocenters. The number of carbonyl (C=O) groups excluding carboxylic acids is 2. The van der Waals surface area contributed by atoms with Crippen LogP contribution in [-0.4, -0.2) is 61.8 Å². The van der Waals surface area contributed by atoms with Crippen molar-refractivity contribution in [3.05, 3.63) is 24.3 Å². The van der Waals surface area contributed by atoms with E-state index in [2.05, 4.69) is 11.3 Å². The maximum atomic E-state index is 12.2. The molecule has 24 heavy (non-hydrogen) atoms. The molecule has 7 nitrogen and oxygen atoms in total. The maximum absolute atomic E-state index is 12.2. The number of likely N-dealkylation sites (tertiary alicyclic amines) is 1. The molecule has 0 saturated carbocycles. The molecule has 1 fully saturated rings. The molecule has 1 rings (SSSR count). The fourth-order valence-corrected chi connectivity index (χ4v) is 3.85. The van der Waals surface area contributed by atoms with E-state index in [0.717, 1.165) is 11.8 Å². The minimum atomic E-state index is -3.28. The standard InChI is InChI=1S/C15H24N2O5S2/c1-5-6-22-15(19)17-10-14(23-12(3)18)8-13(17)7-11(2)9-16-24(4,20)21/h5,7,13-14,16H,1,6,8-10H2,2-4H3/t13-,14+/m1/s1. The molecule has 0 bridgehead atoms. The normalized spacial score (nSPS) is 21.6. The Balaban J connectivity index is 2.82. The number of nitrogens with one attached hydrogen (secondary N) is 1. The van der Waals surface area contributed by atoms with Gasteiger partial charge in [0.2, 0.25) is 10.0 Å². The summed E-state index contributed by atoms with van der Waals surface area (Å²) in [5.41, 5.74) is 0.792. The lowest BCUT2D eigenvalue weighted by Crippen LogP contribution is -2.36. The Labute approximate surface area is 147 Å². The molecule has 0 unspecified atom stereocenters. The predicted molar refractivity (Wildman–Crippen MR) is 95.3 cm³/mol. The molecule has 136 valence electrons. The van der Waals surface area contributed by atoms with Gasteiger partial charge in [-0.2, -0.15) is 0 Å². The highest BCUT2D eigenvalue weighted by atomic mass is 32.2. The summed E-state index contributed by atoms with van der Waals surface area (Å²) in [5, 5.41) is -0.00444. The van der Waals surface area contributed by atoms with Crippen LogP contribution in [0.2, 0.25) is 0 Å². The van der Waals surface area contributed by atoms with Crippen LogP contribution in [-0.2, 0) is 19.6 Å². The summed E-state index contributed by atoms with van der Waals surface area (Å²) < 4.78 is 29.8. The third kappa shape index (κ3) is 7.50. The second-order valence-electron chi connectivity index (χ2n) is 5.66. The van der Waals surface area contributed by atoms with E-state index in [0.29, 0.717) is 13.0 Å². The highest BCUT2D eigenvalue weighted by Crippen LogP contribution is 2.29. The Bertz CT molecular complexity index is 615. The summed E-state index contributed by atoms with van der Waals surface area (Å²) >= 11 is 1.21.